The summed E-state index contributed by atoms with van der Waals surface area (Å²) in [6.07, 6.45) is 5.36. The Morgan fingerprint density at radius 1 is 0.962 bits per heavy atom. The van der Waals surface area contributed by atoms with Crippen molar-refractivity contribution in [2.45, 2.75) is 39.0 Å². The predicted octanol–water partition coefficient (Wildman–Crippen LogP) is 5.21. The highest BCUT2D eigenvalue weighted by atomic mass is 19.1. The molecule has 4 nitrogen and oxygen atoms in total. The minimum atomic E-state index is -0.514. The second-order valence-electron chi connectivity index (χ2n) is 6.06. The lowest BCUT2D eigenvalue weighted by molar-refractivity contribution is 0.0497. The number of esters is 1. The second-order valence-corrected chi connectivity index (χ2v) is 6.06. The van der Waals surface area contributed by atoms with E-state index in [1.807, 2.05) is 0 Å². The number of carbonyl (C=O) groups excluding carboxylic acids is 2. The van der Waals surface area contributed by atoms with Crippen LogP contribution in [0.5, 0.6) is 0 Å². The first-order chi connectivity index (χ1) is 12.6. The minimum Gasteiger partial charge on any atom is -0.462 e. The average Bonchev–Trinajstić information content (AvgIpc) is 2.66. The molecule has 0 fully saturated rings. The van der Waals surface area contributed by atoms with E-state index in [0.29, 0.717) is 12.2 Å². The summed E-state index contributed by atoms with van der Waals surface area (Å²) >= 11 is 0. The molecule has 0 aliphatic rings. The van der Waals surface area contributed by atoms with E-state index in [9.17, 15) is 14.0 Å². The first-order valence-corrected chi connectivity index (χ1v) is 8.95. The maximum atomic E-state index is 13.6. The molecule has 138 valence electrons. The molecule has 1 N–H and O–H groups in total. The highest BCUT2D eigenvalue weighted by molar-refractivity contribution is 6.05. The topological polar surface area (TPSA) is 55.4 Å². The molecule has 0 saturated carbocycles. The summed E-state index contributed by atoms with van der Waals surface area (Å²) in [6, 6.07) is 12.1. The van der Waals surface area contributed by atoms with Gasteiger partial charge in [-0.25, -0.2) is 9.18 Å². The van der Waals surface area contributed by atoms with Gasteiger partial charge in [-0.1, -0.05) is 50.8 Å². The Morgan fingerprint density at radius 3 is 2.46 bits per heavy atom. The lowest BCUT2D eigenvalue weighted by Gasteiger charge is -2.08. The molecule has 26 heavy (non-hydrogen) atoms. The normalized spacial score (nSPS) is 10.4. The fraction of sp³-hybridized carbons (Fsp3) is 0.333. The molecule has 0 saturated heterocycles. The largest absolute Gasteiger partial charge is 0.462 e. The third-order valence-electron chi connectivity index (χ3n) is 3.96. The summed E-state index contributed by atoms with van der Waals surface area (Å²) in [5.74, 6) is -1.45. The van der Waals surface area contributed by atoms with Crippen molar-refractivity contribution >= 4 is 17.6 Å². The van der Waals surface area contributed by atoms with Gasteiger partial charge >= 0.3 is 5.97 Å². The molecular weight excluding hydrogens is 333 g/mol. The van der Waals surface area contributed by atoms with Crippen LogP contribution in [0.4, 0.5) is 10.1 Å². The Hall–Kier alpha value is -2.69. The van der Waals surface area contributed by atoms with Gasteiger partial charge < -0.3 is 10.1 Å². The molecule has 2 rings (SSSR count). The van der Waals surface area contributed by atoms with E-state index in [0.717, 1.165) is 19.3 Å². The van der Waals surface area contributed by atoms with E-state index in [2.05, 4.69) is 12.2 Å². The molecule has 0 spiro atoms. The Morgan fingerprint density at radius 2 is 1.69 bits per heavy atom. The molecule has 0 heterocycles. The molecule has 1 amide bonds. The predicted molar refractivity (Wildman–Crippen MR) is 99.8 cm³/mol. The SMILES string of the molecule is CCCCCCCOC(=O)c1cccc(C(=O)Nc2ccccc2F)c1. The van der Waals surface area contributed by atoms with Crippen LogP contribution < -0.4 is 5.32 Å². The zero-order chi connectivity index (χ0) is 18.8. The summed E-state index contributed by atoms with van der Waals surface area (Å²) in [7, 11) is 0. The summed E-state index contributed by atoms with van der Waals surface area (Å²) in [6.45, 7) is 2.52. The fourth-order valence-corrected chi connectivity index (χ4v) is 2.50. The van der Waals surface area contributed by atoms with E-state index in [1.165, 1.54) is 31.0 Å². The van der Waals surface area contributed by atoms with E-state index < -0.39 is 17.7 Å². The smallest absolute Gasteiger partial charge is 0.338 e. The van der Waals surface area contributed by atoms with E-state index in [-0.39, 0.29) is 11.3 Å². The highest BCUT2D eigenvalue weighted by Crippen LogP contribution is 2.15. The summed E-state index contributed by atoms with van der Waals surface area (Å²) in [4.78, 5) is 24.4. The molecule has 2 aromatic carbocycles. The average molecular weight is 357 g/mol. The zero-order valence-electron chi connectivity index (χ0n) is 15.0. The van der Waals surface area contributed by atoms with Crippen LogP contribution in [0.25, 0.3) is 0 Å². The number of rotatable bonds is 9. The number of hydrogen-bond acceptors (Lipinski definition) is 3. The third-order valence-corrected chi connectivity index (χ3v) is 3.96. The van der Waals surface area contributed by atoms with E-state index >= 15 is 0 Å². The van der Waals surface area contributed by atoms with Crippen LogP contribution in [-0.4, -0.2) is 18.5 Å². The lowest BCUT2D eigenvalue weighted by atomic mass is 10.1. The number of unbranched alkanes of at least 4 members (excludes halogenated alkanes) is 4. The van der Waals surface area contributed by atoms with Crippen LogP contribution in [0.15, 0.2) is 48.5 Å². The lowest BCUT2D eigenvalue weighted by Crippen LogP contribution is -2.14. The monoisotopic (exact) mass is 357 g/mol. The molecule has 2 aromatic rings. The highest BCUT2D eigenvalue weighted by Gasteiger charge is 2.13. The van der Waals surface area contributed by atoms with Gasteiger partial charge in [-0.15, -0.1) is 0 Å². The quantitative estimate of drug-likeness (QED) is 0.495. The summed E-state index contributed by atoms with van der Waals surface area (Å²) < 4.78 is 18.9. The molecule has 5 heteroatoms. The Labute approximate surface area is 153 Å². The van der Waals surface area contributed by atoms with Gasteiger partial charge in [0.05, 0.1) is 17.9 Å². The standard InChI is InChI=1S/C21H24FNO3/c1-2-3-4-5-8-14-26-21(25)17-11-9-10-16(15-17)20(24)23-19-13-7-6-12-18(19)22/h6-7,9-13,15H,2-5,8,14H2,1H3,(H,23,24). The van der Waals surface area contributed by atoms with Crippen molar-refractivity contribution in [2.75, 3.05) is 11.9 Å². The third kappa shape index (κ3) is 5.99. The summed E-state index contributed by atoms with van der Waals surface area (Å²) in [5.41, 5.74) is 0.669. The van der Waals surface area contributed by atoms with Crippen molar-refractivity contribution in [3.05, 3.63) is 65.5 Å². The van der Waals surface area contributed by atoms with Crippen LogP contribution in [0.2, 0.25) is 0 Å². The Kier molecular flexibility index (Phi) is 7.80. The van der Waals surface area contributed by atoms with Gasteiger partial charge in [0.2, 0.25) is 0 Å². The number of ether oxygens (including phenoxy) is 1. The zero-order valence-corrected chi connectivity index (χ0v) is 15.0. The van der Waals surface area contributed by atoms with Crippen molar-refractivity contribution in [3.63, 3.8) is 0 Å². The van der Waals surface area contributed by atoms with E-state index in [4.69, 9.17) is 4.74 Å². The minimum absolute atomic E-state index is 0.0950. The van der Waals surface area contributed by atoms with Gasteiger partial charge in [-0.05, 0) is 36.8 Å². The number of hydrogen-bond donors (Lipinski definition) is 1. The van der Waals surface area contributed by atoms with Gasteiger partial charge in [0.25, 0.3) is 5.91 Å². The number of carbonyl (C=O) groups is 2. The maximum Gasteiger partial charge on any atom is 0.338 e. The first kappa shape index (κ1) is 19.6. The van der Waals surface area contributed by atoms with Gasteiger partial charge in [0, 0.05) is 5.56 Å². The Balaban J connectivity index is 1.91. The first-order valence-electron chi connectivity index (χ1n) is 8.95. The molecule has 0 aliphatic heterocycles. The van der Waals surface area contributed by atoms with Crippen LogP contribution in [-0.2, 0) is 4.74 Å². The van der Waals surface area contributed by atoms with Crippen molar-refractivity contribution in [3.8, 4) is 0 Å². The number of para-hydroxylation sites is 1. The van der Waals surface area contributed by atoms with Crippen molar-refractivity contribution in [1.82, 2.24) is 0 Å². The van der Waals surface area contributed by atoms with Crippen molar-refractivity contribution in [1.29, 1.82) is 0 Å². The second kappa shape index (κ2) is 10.3. The number of anilines is 1. The molecule has 0 unspecified atom stereocenters. The molecule has 0 aliphatic carbocycles. The maximum absolute atomic E-state index is 13.6. The van der Waals surface area contributed by atoms with E-state index in [1.54, 1.807) is 30.3 Å². The van der Waals surface area contributed by atoms with Gasteiger partial charge in [0.1, 0.15) is 5.82 Å². The van der Waals surface area contributed by atoms with Crippen LogP contribution in [0.3, 0.4) is 0 Å². The van der Waals surface area contributed by atoms with Gasteiger partial charge in [0.15, 0.2) is 0 Å². The van der Waals surface area contributed by atoms with Gasteiger partial charge in [-0.2, -0.15) is 0 Å². The number of nitrogens with one attached hydrogen (secondary N) is 1. The molecule has 0 atom stereocenters. The van der Waals surface area contributed by atoms with Crippen LogP contribution >= 0.6 is 0 Å². The van der Waals surface area contributed by atoms with Gasteiger partial charge in [-0.3, -0.25) is 4.79 Å². The molecule has 0 bridgehead atoms. The Bertz CT molecular complexity index is 746. The summed E-state index contributed by atoms with van der Waals surface area (Å²) in [5, 5.41) is 2.50. The number of halogens is 1. The van der Waals surface area contributed by atoms with Crippen molar-refractivity contribution in [2.24, 2.45) is 0 Å². The number of amides is 1. The molecule has 0 radical (unpaired) electrons. The van der Waals surface area contributed by atoms with Crippen LogP contribution in [0.1, 0.15) is 59.7 Å². The molecular formula is C21H24FNO3. The van der Waals surface area contributed by atoms with Crippen LogP contribution in [0, 0.1) is 5.82 Å². The fourth-order valence-electron chi connectivity index (χ4n) is 2.50. The molecule has 0 aromatic heterocycles. The van der Waals surface area contributed by atoms with Crippen molar-refractivity contribution < 1.29 is 18.7 Å². The number of benzene rings is 2.